The standard InChI is InChI=1S/C17H27NO/c1-3-12-18-16-11-10-15(13-17(16)19-4-2)14-8-6-5-7-9-14/h5-9,15-18H,3-4,10-13H2,1-2H3. The molecule has 0 aromatic heterocycles. The molecule has 1 fully saturated rings. The molecule has 19 heavy (non-hydrogen) atoms. The molecule has 1 aliphatic rings. The van der Waals surface area contributed by atoms with Gasteiger partial charge in [-0.1, -0.05) is 37.3 Å². The van der Waals surface area contributed by atoms with Crippen LogP contribution in [0, 0.1) is 0 Å². The van der Waals surface area contributed by atoms with Crippen LogP contribution in [0.2, 0.25) is 0 Å². The predicted octanol–water partition coefficient (Wildman–Crippen LogP) is 3.73. The Labute approximate surface area is 117 Å². The van der Waals surface area contributed by atoms with Gasteiger partial charge in [-0.15, -0.1) is 0 Å². The molecule has 0 heterocycles. The van der Waals surface area contributed by atoms with Crippen LogP contribution in [0.3, 0.4) is 0 Å². The summed E-state index contributed by atoms with van der Waals surface area (Å²) in [5.41, 5.74) is 1.47. The zero-order chi connectivity index (χ0) is 13.5. The Hall–Kier alpha value is -0.860. The molecule has 1 saturated carbocycles. The van der Waals surface area contributed by atoms with E-state index in [2.05, 4.69) is 49.5 Å². The first-order valence-electron chi connectivity index (χ1n) is 7.75. The first-order chi connectivity index (χ1) is 9.35. The molecule has 3 unspecified atom stereocenters. The Morgan fingerprint density at radius 1 is 1.16 bits per heavy atom. The molecule has 1 N–H and O–H groups in total. The lowest BCUT2D eigenvalue weighted by Crippen LogP contribution is -2.45. The van der Waals surface area contributed by atoms with Crippen molar-refractivity contribution in [3.63, 3.8) is 0 Å². The molecule has 0 aliphatic heterocycles. The van der Waals surface area contributed by atoms with Gasteiger partial charge >= 0.3 is 0 Å². The van der Waals surface area contributed by atoms with Crippen molar-refractivity contribution in [2.24, 2.45) is 0 Å². The van der Waals surface area contributed by atoms with E-state index in [1.165, 1.54) is 24.8 Å². The number of benzene rings is 1. The Morgan fingerprint density at radius 2 is 1.95 bits per heavy atom. The molecule has 2 nitrogen and oxygen atoms in total. The molecular formula is C17H27NO. The fourth-order valence-corrected chi connectivity index (χ4v) is 3.12. The lowest BCUT2D eigenvalue weighted by molar-refractivity contribution is 0.00650. The number of rotatable bonds is 6. The molecule has 0 radical (unpaired) electrons. The average molecular weight is 261 g/mol. The first-order valence-corrected chi connectivity index (χ1v) is 7.75. The van der Waals surface area contributed by atoms with Gasteiger partial charge in [-0.2, -0.15) is 0 Å². The fraction of sp³-hybridized carbons (Fsp3) is 0.647. The summed E-state index contributed by atoms with van der Waals surface area (Å²) in [6.45, 7) is 6.24. The summed E-state index contributed by atoms with van der Waals surface area (Å²) in [6.07, 6.45) is 5.21. The lowest BCUT2D eigenvalue weighted by Gasteiger charge is -2.36. The van der Waals surface area contributed by atoms with Gasteiger partial charge in [0.15, 0.2) is 0 Å². The zero-order valence-electron chi connectivity index (χ0n) is 12.3. The molecule has 1 aromatic rings. The summed E-state index contributed by atoms with van der Waals surface area (Å²) >= 11 is 0. The van der Waals surface area contributed by atoms with Crippen LogP contribution < -0.4 is 5.32 Å². The van der Waals surface area contributed by atoms with Crippen LogP contribution in [-0.2, 0) is 4.74 Å². The third-order valence-corrected chi connectivity index (χ3v) is 4.10. The number of hydrogen-bond donors (Lipinski definition) is 1. The third-order valence-electron chi connectivity index (χ3n) is 4.10. The minimum atomic E-state index is 0.371. The van der Waals surface area contributed by atoms with Crippen LogP contribution in [0.25, 0.3) is 0 Å². The molecule has 0 amide bonds. The van der Waals surface area contributed by atoms with Gasteiger partial charge in [0.25, 0.3) is 0 Å². The predicted molar refractivity (Wildman–Crippen MR) is 80.5 cm³/mol. The van der Waals surface area contributed by atoms with Crippen LogP contribution >= 0.6 is 0 Å². The molecule has 3 atom stereocenters. The van der Waals surface area contributed by atoms with Crippen molar-refractivity contribution in [2.75, 3.05) is 13.2 Å². The highest BCUT2D eigenvalue weighted by Crippen LogP contribution is 2.34. The van der Waals surface area contributed by atoms with E-state index >= 15 is 0 Å². The molecule has 0 bridgehead atoms. The van der Waals surface area contributed by atoms with E-state index in [-0.39, 0.29) is 0 Å². The first kappa shape index (κ1) is 14.5. The smallest absolute Gasteiger partial charge is 0.0733 e. The van der Waals surface area contributed by atoms with E-state index in [0.717, 1.165) is 19.6 Å². The van der Waals surface area contributed by atoms with Gasteiger partial charge in [-0.25, -0.2) is 0 Å². The van der Waals surface area contributed by atoms with Crippen molar-refractivity contribution in [2.45, 2.75) is 57.6 Å². The quantitative estimate of drug-likeness (QED) is 0.842. The summed E-state index contributed by atoms with van der Waals surface area (Å²) in [4.78, 5) is 0. The van der Waals surface area contributed by atoms with Crippen LogP contribution in [0.15, 0.2) is 30.3 Å². The topological polar surface area (TPSA) is 21.3 Å². The summed E-state index contributed by atoms with van der Waals surface area (Å²) < 4.78 is 5.98. The molecule has 0 spiro atoms. The normalized spacial score (nSPS) is 27.4. The van der Waals surface area contributed by atoms with Crippen molar-refractivity contribution in [3.8, 4) is 0 Å². The van der Waals surface area contributed by atoms with E-state index in [4.69, 9.17) is 4.74 Å². The van der Waals surface area contributed by atoms with Gasteiger partial charge in [0, 0.05) is 12.6 Å². The number of hydrogen-bond acceptors (Lipinski definition) is 2. The van der Waals surface area contributed by atoms with Gasteiger partial charge in [0.05, 0.1) is 6.10 Å². The van der Waals surface area contributed by atoms with Crippen molar-refractivity contribution >= 4 is 0 Å². The van der Waals surface area contributed by atoms with E-state index < -0.39 is 0 Å². The van der Waals surface area contributed by atoms with Crippen LogP contribution in [0.4, 0.5) is 0 Å². The third kappa shape index (κ3) is 4.05. The second kappa shape index (κ2) is 7.66. The minimum Gasteiger partial charge on any atom is -0.377 e. The Balaban J connectivity index is 1.97. The second-order valence-corrected chi connectivity index (χ2v) is 5.48. The van der Waals surface area contributed by atoms with E-state index in [9.17, 15) is 0 Å². The molecular weight excluding hydrogens is 234 g/mol. The highest BCUT2D eigenvalue weighted by Gasteiger charge is 2.31. The number of nitrogens with one attached hydrogen (secondary N) is 1. The van der Waals surface area contributed by atoms with Crippen molar-refractivity contribution in [3.05, 3.63) is 35.9 Å². The molecule has 2 rings (SSSR count). The van der Waals surface area contributed by atoms with Crippen LogP contribution in [0.1, 0.15) is 51.0 Å². The summed E-state index contributed by atoms with van der Waals surface area (Å²) in [6, 6.07) is 11.4. The monoisotopic (exact) mass is 261 g/mol. The van der Waals surface area contributed by atoms with E-state index in [1.54, 1.807) is 0 Å². The Kier molecular flexibility index (Phi) is 5.87. The highest BCUT2D eigenvalue weighted by atomic mass is 16.5. The minimum absolute atomic E-state index is 0.371. The van der Waals surface area contributed by atoms with Crippen LogP contribution in [0.5, 0.6) is 0 Å². The molecule has 106 valence electrons. The largest absolute Gasteiger partial charge is 0.377 e. The lowest BCUT2D eigenvalue weighted by atomic mass is 9.80. The summed E-state index contributed by atoms with van der Waals surface area (Å²) in [5, 5.41) is 3.65. The van der Waals surface area contributed by atoms with Crippen molar-refractivity contribution in [1.82, 2.24) is 5.32 Å². The summed E-state index contributed by atoms with van der Waals surface area (Å²) in [7, 11) is 0. The maximum Gasteiger partial charge on any atom is 0.0733 e. The van der Waals surface area contributed by atoms with Crippen molar-refractivity contribution in [1.29, 1.82) is 0 Å². The van der Waals surface area contributed by atoms with Gasteiger partial charge in [0.2, 0.25) is 0 Å². The van der Waals surface area contributed by atoms with Crippen LogP contribution in [-0.4, -0.2) is 25.3 Å². The average Bonchev–Trinajstić information content (AvgIpc) is 2.47. The highest BCUT2D eigenvalue weighted by molar-refractivity contribution is 5.20. The molecule has 1 aromatic carbocycles. The van der Waals surface area contributed by atoms with E-state index in [0.29, 0.717) is 18.1 Å². The van der Waals surface area contributed by atoms with Gasteiger partial charge in [-0.3, -0.25) is 0 Å². The zero-order valence-corrected chi connectivity index (χ0v) is 12.3. The molecule has 1 aliphatic carbocycles. The Bertz CT molecular complexity index is 352. The maximum absolute atomic E-state index is 5.98. The molecule has 0 saturated heterocycles. The summed E-state index contributed by atoms with van der Waals surface area (Å²) in [5.74, 6) is 0.664. The maximum atomic E-state index is 5.98. The van der Waals surface area contributed by atoms with Gasteiger partial charge in [-0.05, 0) is 50.6 Å². The van der Waals surface area contributed by atoms with Gasteiger partial charge in [0.1, 0.15) is 0 Å². The molecule has 2 heteroatoms. The number of ether oxygens (including phenoxy) is 1. The van der Waals surface area contributed by atoms with Crippen molar-refractivity contribution < 1.29 is 4.74 Å². The SMILES string of the molecule is CCCNC1CCC(c2ccccc2)CC1OCC. The Morgan fingerprint density at radius 3 is 2.63 bits per heavy atom. The van der Waals surface area contributed by atoms with Gasteiger partial charge < -0.3 is 10.1 Å². The second-order valence-electron chi connectivity index (χ2n) is 5.48. The fourth-order valence-electron chi connectivity index (χ4n) is 3.12. The van der Waals surface area contributed by atoms with E-state index in [1.807, 2.05) is 0 Å².